The Morgan fingerprint density at radius 2 is 2.36 bits per heavy atom. The molecule has 5 heteroatoms. The predicted molar refractivity (Wildman–Crippen MR) is 56.0 cm³/mol. The Bertz CT molecular complexity index is 185. The second-order valence-corrected chi connectivity index (χ2v) is 4.41. The molecule has 1 rings (SSSR count). The Kier molecular flexibility index (Phi) is 5.29. The summed E-state index contributed by atoms with van der Waals surface area (Å²) in [5, 5.41) is 0. The molecular formula is C9H17NO3S. The molecule has 0 heterocycles. The Balaban J connectivity index is 1.88. The van der Waals surface area contributed by atoms with Gasteiger partial charge in [0.25, 0.3) is 0 Å². The molecule has 0 aromatic rings. The zero-order valence-electron chi connectivity index (χ0n) is 8.40. The molecule has 0 spiro atoms. The Labute approximate surface area is 88.5 Å². The van der Waals surface area contributed by atoms with Gasteiger partial charge in [-0.2, -0.15) is 0 Å². The Morgan fingerprint density at radius 1 is 1.64 bits per heavy atom. The predicted octanol–water partition coefficient (Wildman–Crippen LogP) is 0.604. The standard InChI is InChI=1S/C9H17NO3S/c1-12-9(11)8(10)5-14-6-13-4-7-2-3-7/h7-8H,2-6,10H2,1H3. The highest BCUT2D eigenvalue weighted by Crippen LogP contribution is 2.29. The number of carbonyl (C=O) groups excluding carboxylic acids is 1. The van der Waals surface area contributed by atoms with Gasteiger partial charge in [0, 0.05) is 5.75 Å². The van der Waals surface area contributed by atoms with Crippen LogP contribution in [0, 0.1) is 5.92 Å². The molecule has 0 radical (unpaired) electrons. The number of ether oxygens (including phenoxy) is 2. The van der Waals surface area contributed by atoms with Crippen molar-refractivity contribution in [2.24, 2.45) is 11.7 Å². The van der Waals surface area contributed by atoms with Crippen LogP contribution in [0.5, 0.6) is 0 Å². The first kappa shape index (κ1) is 11.8. The summed E-state index contributed by atoms with van der Waals surface area (Å²) in [6.45, 7) is 0.848. The molecule has 0 amide bonds. The van der Waals surface area contributed by atoms with Crippen molar-refractivity contribution in [2.45, 2.75) is 18.9 Å². The van der Waals surface area contributed by atoms with Gasteiger partial charge in [-0.05, 0) is 18.8 Å². The van der Waals surface area contributed by atoms with Crippen molar-refractivity contribution < 1.29 is 14.3 Å². The van der Waals surface area contributed by atoms with Crippen molar-refractivity contribution in [1.82, 2.24) is 0 Å². The highest BCUT2D eigenvalue weighted by molar-refractivity contribution is 7.99. The molecule has 1 saturated carbocycles. The summed E-state index contributed by atoms with van der Waals surface area (Å²) in [6.07, 6.45) is 2.60. The van der Waals surface area contributed by atoms with Crippen LogP contribution in [0.1, 0.15) is 12.8 Å². The summed E-state index contributed by atoms with van der Waals surface area (Å²) >= 11 is 1.53. The molecular weight excluding hydrogens is 202 g/mol. The lowest BCUT2D eigenvalue weighted by molar-refractivity contribution is -0.141. The first-order valence-corrected chi connectivity index (χ1v) is 5.88. The second-order valence-electron chi connectivity index (χ2n) is 3.43. The lowest BCUT2D eigenvalue weighted by Crippen LogP contribution is -2.34. The number of nitrogens with two attached hydrogens (primary N) is 1. The van der Waals surface area contributed by atoms with Crippen LogP contribution in [-0.4, -0.2) is 37.4 Å². The fraction of sp³-hybridized carbons (Fsp3) is 0.889. The number of esters is 1. The minimum absolute atomic E-state index is 0.361. The maximum absolute atomic E-state index is 10.9. The zero-order chi connectivity index (χ0) is 10.4. The van der Waals surface area contributed by atoms with Gasteiger partial charge < -0.3 is 15.2 Å². The van der Waals surface area contributed by atoms with Gasteiger partial charge in [-0.15, -0.1) is 11.8 Å². The van der Waals surface area contributed by atoms with Crippen molar-refractivity contribution in [1.29, 1.82) is 0 Å². The Morgan fingerprint density at radius 3 is 2.93 bits per heavy atom. The molecule has 82 valence electrons. The van der Waals surface area contributed by atoms with E-state index in [9.17, 15) is 4.79 Å². The van der Waals surface area contributed by atoms with Crippen LogP contribution in [0.4, 0.5) is 0 Å². The largest absolute Gasteiger partial charge is 0.468 e. The van der Waals surface area contributed by atoms with E-state index in [1.54, 1.807) is 0 Å². The van der Waals surface area contributed by atoms with Crippen molar-refractivity contribution in [3.8, 4) is 0 Å². The molecule has 1 aliphatic carbocycles. The van der Waals surface area contributed by atoms with Gasteiger partial charge in [0.2, 0.25) is 0 Å². The maximum Gasteiger partial charge on any atom is 0.323 e. The minimum atomic E-state index is -0.533. The first-order chi connectivity index (χ1) is 6.74. The van der Waals surface area contributed by atoms with Crippen molar-refractivity contribution in [3.63, 3.8) is 0 Å². The van der Waals surface area contributed by atoms with Crippen molar-refractivity contribution in [3.05, 3.63) is 0 Å². The average molecular weight is 219 g/mol. The molecule has 1 unspecified atom stereocenters. The van der Waals surface area contributed by atoms with E-state index in [1.165, 1.54) is 31.7 Å². The number of thioether (sulfide) groups is 1. The van der Waals surface area contributed by atoms with E-state index in [-0.39, 0.29) is 5.97 Å². The Hall–Kier alpha value is -0.260. The van der Waals surface area contributed by atoms with Gasteiger partial charge in [0.15, 0.2) is 0 Å². The smallest absolute Gasteiger partial charge is 0.323 e. The second kappa shape index (κ2) is 6.27. The molecule has 1 atom stereocenters. The third-order valence-electron chi connectivity index (χ3n) is 2.02. The number of methoxy groups -OCH3 is 1. The molecule has 1 aliphatic rings. The third-order valence-corrected chi connectivity index (χ3v) is 2.95. The van der Waals surface area contributed by atoms with Crippen LogP contribution >= 0.6 is 11.8 Å². The molecule has 0 bridgehead atoms. The van der Waals surface area contributed by atoms with E-state index >= 15 is 0 Å². The molecule has 4 nitrogen and oxygen atoms in total. The summed E-state index contributed by atoms with van der Waals surface area (Å²) in [6, 6.07) is -0.533. The monoisotopic (exact) mass is 219 g/mol. The summed E-state index contributed by atoms with van der Waals surface area (Å²) in [5.41, 5.74) is 5.53. The van der Waals surface area contributed by atoms with Crippen LogP contribution in [0.25, 0.3) is 0 Å². The van der Waals surface area contributed by atoms with Crippen molar-refractivity contribution in [2.75, 3.05) is 25.4 Å². The molecule has 0 aliphatic heterocycles. The van der Waals surface area contributed by atoms with E-state index in [0.717, 1.165) is 12.5 Å². The SMILES string of the molecule is COC(=O)C(N)CSCOCC1CC1. The van der Waals surface area contributed by atoms with Gasteiger partial charge in [-0.25, -0.2) is 0 Å². The summed E-state index contributed by atoms with van der Waals surface area (Å²) in [5.74, 6) is 1.59. The van der Waals surface area contributed by atoms with Crippen LogP contribution in [-0.2, 0) is 14.3 Å². The van der Waals surface area contributed by atoms with Crippen LogP contribution in [0.3, 0.4) is 0 Å². The number of rotatable bonds is 7. The fourth-order valence-electron chi connectivity index (χ4n) is 0.953. The summed E-state index contributed by atoms with van der Waals surface area (Å²) in [7, 11) is 1.34. The molecule has 1 fully saturated rings. The van der Waals surface area contributed by atoms with E-state index in [0.29, 0.717) is 11.7 Å². The molecule has 0 saturated heterocycles. The topological polar surface area (TPSA) is 61.5 Å². The molecule has 0 aromatic heterocycles. The number of hydrogen-bond donors (Lipinski definition) is 1. The van der Waals surface area contributed by atoms with Gasteiger partial charge in [-0.1, -0.05) is 0 Å². The number of hydrogen-bond acceptors (Lipinski definition) is 5. The van der Waals surface area contributed by atoms with E-state index in [4.69, 9.17) is 10.5 Å². The van der Waals surface area contributed by atoms with Gasteiger partial charge in [0.1, 0.15) is 6.04 Å². The molecule has 14 heavy (non-hydrogen) atoms. The van der Waals surface area contributed by atoms with Crippen LogP contribution in [0.15, 0.2) is 0 Å². The fourth-order valence-corrected chi connectivity index (χ4v) is 1.65. The van der Waals surface area contributed by atoms with E-state index < -0.39 is 6.04 Å². The average Bonchev–Trinajstić information content (AvgIpc) is 2.99. The molecule has 2 N–H and O–H groups in total. The minimum Gasteiger partial charge on any atom is -0.468 e. The van der Waals surface area contributed by atoms with Gasteiger partial charge in [0.05, 0.1) is 19.7 Å². The maximum atomic E-state index is 10.9. The lowest BCUT2D eigenvalue weighted by Gasteiger charge is -2.08. The van der Waals surface area contributed by atoms with Crippen molar-refractivity contribution >= 4 is 17.7 Å². The highest BCUT2D eigenvalue weighted by Gasteiger charge is 2.21. The third kappa shape index (κ3) is 4.83. The van der Waals surface area contributed by atoms with E-state index in [2.05, 4.69) is 4.74 Å². The normalized spacial score (nSPS) is 17.9. The first-order valence-electron chi connectivity index (χ1n) is 4.73. The lowest BCUT2D eigenvalue weighted by atomic mass is 10.4. The highest BCUT2D eigenvalue weighted by atomic mass is 32.2. The quantitative estimate of drug-likeness (QED) is 0.386. The van der Waals surface area contributed by atoms with Gasteiger partial charge in [-0.3, -0.25) is 4.79 Å². The van der Waals surface area contributed by atoms with E-state index in [1.807, 2.05) is 0 Å². The zero-order valence-corrected chi connectivity index (χ0v) is 9.22. The summed E-state index contributed by atoms with van der Waals surface area (Å²) in [4.78, 5) is 10.9. The van der Waals surface area contributed by atoms with Crippen LogP contribution < -0.4 is 5.73 Å². The molecule has 0 aromatic carbocycles. The number of carbonyl (C=O) groups is 1. The summed E-state index contributed by atoms with van der Waals surface area (Å²) < 4.78 is 9.88. The van der Waals surface area contributed by atoms with Crippen LogP contribution in [0.2, 0.25) is 0 Å². The van der Waals surface area contributed by atoms with Gasteiger partial charge >= 0.3 is 5.97 Å².